The van der Waals surface area contributed by atoms with Crippen LogP contribution >= 0.6 is 11.3 Å². The topological polar surface area (TPSA) is 83.1 Å². The Bertz CT molecular complexity index is 1010. The molecule has 3 N–H and O–H groups in total. The van der Waals surface area contributed by atoms with Crippen molar-refractivity contribution in [1.82, 2.24) is 10.3 Å². The molecular weight excluding hydrogens is 372 g/mol. The average Bonchev–Trinajstić information content (AvgIpc) is 3.12. The maximum absolute atomic E-state index is 12.6. The van der Waals surface area contributed by atoms with E-state index in [2.05, 4.69) is 27.0 Å². The minimum atomic E-state index is -0.289. The molecule has 0 aliphatic heterocycles. The number of nitrogens with one attached hydrogen (secondary N) is 3. The van der Waals surface area contributed by atoms with E-state index in [1.165, 1.54) is 16.9 Å². The number of benzene rings is 2. The number of thiazole rings is 1. The summed E-state index contributed by atoms with van der Waals surface area (Å²) in [6, 6.07) is 12.9. The molecule has 1 heterocycles. The van der Waals surface area contributed by atoms with Gasteiger partial charge in [0.05, 0.1) is 0 Å². The number of aromatic nitrogens is 1. The summed E-state index contributed by atoms with van der Waals surface area (Å²) in [5, 5.41) is 10.8. The Balaban J connectivity index is 1.72. The Morgan fingerprint density at radius 2 is 1.79 bits per heavy atom. The summed E-state index contributed by atoms with van der Waals surface area (Å²) in [7, 11) is 0. The summed E-state index contributed by atoms with van der Waals surface area (Å²) in [4.78, 5) is 28.7. The zero-order chi connectivity index (χ0) is 20.1. The maximum atomic E-state index is 12.6. The van der Waals surface area contributed by atoms with E-state index in [4.69, 9.17) is 0 Å². The first-order valence-corrected chi connectivity index (χ1v) is 9.83. The molecular formula is C21H22N4O2S. The second kappa shape index (κ2) is 8.67. The molecule has 3 rings (SSSR count). The third kappa shape index (κ3) is 4.75. The van der Waals surface area contributed by atoms with Crippen molar-refractivity contribution in [1.29, 1.82) is 0 Å². The minimum Gasteiger partial charge on any atom is -0.338 e. The van der Waals surface area contributed by atoms with E-state index in [0.29, 0.717) is 23.6 Å². The lowest BCUT2D eigenvalue weighted by Crippen LogP contribution is -2.28. The number of anilines is 2. The van der Waals surface area contributed by atoms with Gasteiger partial charge in [0.25, 0.3) is 5.91 Å². The van der Waals surface area contributed by atoms with Crippen molar-refractivity contribution in [3.05, 3.63) is 64.7 Å². The summed E-state index contributed by atoms with van der Waals surface area (Å²) in [6.45, 7) is 6.47. The third-order valence-electron chi connectivity index (χ3n) is 4.06. The lowest BCUT2D eigenvalue weighted by atomic mass is 10.1. The van der Waals surface area contributed by atoms with Crippen LogP contribution in [0.1, 0.15) is 28.5 Å². The maximum Gasteiger partial charge on any atom is 0.319 e. The van der Waals surface area contributed by atoms with Gasteiger partial charge in [-0.25, -0.2) is 9.78 Å². The molecule has 0 unspecified atom stereocenters. The summed E-state index contributed by atoms with van der Waals surface area (Å²) < 4.78 is 0. The molecule has 0 aliphatic carbocycles. The molecule has 3 aromatic rings. The van der Waals surface area contributed by atoms with Gasteiger partial charge in [0.1, 0.15) is 10.7 Å². The molecule has 0 atom stereocenters. The number of hydrogen-bond acceptors (Lipinski definition) is 4. The lowest BCUT2D eigenvalue weighted by Gasteiger charge is -2.08. The van der Waals surface area contributed by atoms with Gasteiger partial charge in [-0.2, -0.15) is 0 Å². The zero-order valence-corrected chi connectivity index (χ0v) is 16.8. The molecule has 7 heteroatoms. The van der Waals surface area contributed by atoms with E-state index in [9.17, 15) is 9.59 Å². The van der Waals surface area contributed by atoms with E-state index < -0.39 is 0 Å². The summed E-state index contributed by atoms with van der Waals surface area (Å²) in [5.74, 6) is -0.289. The van der Waals surface area contributed by atoms with Crippen molar-refractivity contribution < 1.29 is 9.59 Å². The first-order valence-electron chi connectivity index (χ1n) is 8.95. The minimum absolute atomic E-state index is 0.288. The standard InChI is InChI=1S/C21H22N4O2S/c1-4-22-21(27)24-16-7-5-6-15(11-16)23-19(26)18-12-28-20(25-18)17-9-8-13(2)10-14(17)3/h5-12H,4H2,1-3H3,(H,23,26)(H2,22,24,27). The van der Waals surface area contributed by atoms with Crippen LogP contribution in [0.5, 0.6) is 0 Å². The quantitative estimate of drug-likeness (QED) is 0.580. The van der Waals surface area contributed by atoms with Gasteiger partial charge < -0.3 is 16.0 Å². The van der Waals surface area contributed by atoms with Gasteiger partial charge in [-0.3, -0.25) is 4.79 Å². The number of aryl methyl sites for hydroxylation is 2. The van der Waals surface area contributed by atoms with Crippen LogP contribution in [0.4, 0.5) is 16.2 Å². The molecule has 28 heavy (non-hydrogen) atoms. The van der Waals surface area contributed by atoms with Gasteiger partial charge in [0, 0.05) is 28.9 Å². The molecule has 0 fully saturated rings. The fraction of sp³-hybridized carbons (Fsp3) is 0.190. The number of hydrogen-bond donors (Lipinski definition) is 3. The van der Waals surface area contributed by atoms with Crippen molar-refractivity contribution in [2.45, 2.75) is 20.8 Å². The smallest absolute Gasteiger partial charge is 0.319 e. The Labute approximate surface area is 168 Å². The molecule has 0 saturated carbocycles. The van der Waals surface area contributed by atoms with Crippen LogP contribution in [0.25, 0.3) is 10.6 Å². The van der Waals surface area contributed by atoms with Crippen molar-refractivity contribution in [2.24, 2.45) is 0 Å². The Hall–Kier alpha value is -3.19. The van der Waals surface area contributed by atoms with E-state index in [1.54, 1.807) is 29.6 Å². The summed E-state index contributed by atoms with van der Waals surface area (Å²) in [6.07, 6.45) is 0. The molecule has 2 aromatic carbocycles. The van der Waals surface area contributed by atoms with Crippen molar-refractivity contribution in [2.75, 3.05) is 17.2 Å². The fourth-order valence-corrected chi connectivity index (χ4v) is 3.65. The SMILES string of the molecule is CCNC(=O)Nc1cccc(NC(=O)c2csc(-c3ccc(C)cc3C)n2)c1. The fourth-order valence-electron chi connectivity index (χ4n) is 2.76. The first-order chi connectivity index (χ1) is 13.5. The van der Waals surface area contributed by atoms with E-state index in [1.807, 2.05) is 32.9 Å². The number of carbonyl (C=O) groups excluding carboxylic acids is 2. The number of urea groups is 1. The second-order valence-corrected chi connectivity index (χ2v) is 7.23. The molecule has 1 aromatic heterocycles. The normalized spacial score (nSPS) is 10.4. The monoisotopic (exact) mass is 394 g/mol. The van der Waals surface area contributed by atoms with Crippen LogP contribution in [0.3, 0.4) is 0 Å². The highest BCUT2D eigenvalue weighted by Gasteiger charge is 2.14. The van der Waals surface area contributed by atoms with Crippen LogP contribution in [0, 0.1) is 13.8 Å². The molecule has 0 radical (unpaired) electrons. The summed E-state index contributed by atoms with van der Waals surface area (Å²) in [5.41, 5.74) is 4.89. The predicted molar refractivity (Wildman–Crippen MR) is 114 cm³/mol. The van der Waals surface area contributed by atoms with E-state index in [0.717, 1.165) is 16.1 Å². The first kappa shape index (κ1) is 19.6. The molecule has 144 valence electrons. The van der Waals surface area contributed by atoms with Crippen molar-refractivity contribution in [3.8, 4) is 10.6 Å². The van der Waals surface area contributed by atoms with Gasteiger partial charge in [-0.05, 0) is 44.5 Å². The van der Waals surface area contributed by atoms with Crippen LogP contribution in [-0.4, -0.2) is 23.5 Å². The third-order valence-corrected chi connectivity index (χ3v) is 4.94. The molecule has 6 nitrogen and oxygen atoms in total. The zero-order valence-electron chi connectivity index (χ0n) is 16.0. The second-order valence-electron chi connectivity index (χ2n) is 6.38. The molecule has 0 spiro atoms. The number of carbonyl (C=O) groups is 2. The summed E-state index contributed by atoms with van der Waals surface area (Å²) >= 11 is 1.44. The van der Waals surface area contributed by atoms with Gasteiger partial charge in [0.2, 0.25) is 0 Å². The molecule has 3 amide bonds. The Morgan fingerprint density at radius 3 is 2.50 bits per heavy atom. The van der Waals surface area contributed by atoms with Crippen LogP contribution in [0.2, 0.25) is 0 Å². The largest absolute Gasteiger partial charge is 0.338 e. The molecule has 0 saturated heterocycles. The number of amides is 3. The van der Waals surface area contributed by atoms with Crippen LogP contribution in [-0.2, 0) is 0 Å². The highest BCUT2D eigenvalue weighted by Crippen LogP contribution is 2.28. The lowest BCUT2D eigenvalue weighted by molar-refractivity contribution is 0.102. The van der Waals surface area contributed by atoms with Crippen molar-refractivity contribution >= 4 is 34.6 Å². The predicted octanol–water partition coefficient (Wildman–Crippen LogP) is 4.82. The highest BCUT2D eigenvalue weighted by atomic mass is 32.1. The average molecular weight is 395 g/mol. The van der Waals surface area contributed by atoms with Gasteiger partial charge in [-0.1, -0.05) is 29.8 Å². The number of rotatable bonds is 5. The van der Waals surface area contributed by atoms with Crippen LogP contribution < -0.4 is 16.0 Å². The van der Waals surface area contributed by atoms with E-state index in [-0.39, 0.29) is 11.9 Å². The van der Waals surface area contributed by atoms with E-state index >= 15 is 0 Å². The number of nitrogens with zero attached hydrogens (tertiary/aromatic N) is 1. The van der Waals surface area contributed by atoms with Crippen molar-refractivity contribution in [3.63, 3.8) is 0 Å². The Morgan fingerprint density at radius 1 is 1.04 bits per heavy atom. The highest BCUT2D eigenvalue weighted by molar-refractivity contribution is 7.13. The van der Waals surface area contributed by atoms with Gasteiger partial charge >= 0.3 is 6.03 Å². The molecule has 0 bridgehead atoms. The van der Waals surface area contributed by atoms with Gasteiger partial charge in [0.15, 0.2) is 0 Å². The van der Waals surface area contributed by atoms with Gasteiger partial charge in [-0.15, -0.1) is 11.3 Å². The molecule has 0 aliphatic rings. The van der Waals surface area contributed by atoms with Crippen LogP contribution in [0.15, 0.2) is 47.8 Å². The Kier molecular flexibility index (Phi) is 6.06.